The first-order valence-electron chi connectivity index (χ1n) is 10.7. The van der Waals surface area contributed by atoms with E-state index >= 15 is 0 Å². The lowest BCUT2D eigenvalue weighted by molar-refractivity contribution is 0.207. The maximum Gasteiger partial charge on any atom is 0.135 e. The molecule has 5 rings (SSSR count). The van der Waals surface area contributed by atoms with E-state index in [-0.39, 0.29) is 0 Å². The molecule has 32 heavy (non-hydrogen) atoms. The van der Waals surface area contributed by atoms with E-state index in [1.54, 1.807) is 18.6 Å². The fourth-order valence-electron chi connectivity index (χ4n) is 4.14. The molecule has 0 spiro atoms. The van der Waals surface area contributed by atoms with Gasteiger partial charge in [-0.25, -0.2) is 4.98 Å². The molecule has 4 aromatic rings. The molecule has 0 unspecified atom stereocenters. The van der Waals surface area contributed by atoms with Crippen molar-refractivity contribution in [3.05, 3.63) is 66.8 Å². The molecule has 1 aliphatic rings. The number of likely N-dealkylation sites (N-methyl/N-ethyl adjacent to an activating group) is 1. The molecule has 8 heteroatoms. The average molecular weight is 427 g/mol. The normalized spacial score (nSPS) is 15.4. The summed E-state index contributed by atoms with van der Waals surface area (Å²) in [5.74, 6) is 0. The molecule has 0 aliphatic carbocycles. The molecule has 0 bridgehead atoms. The van der Waals surface area contributed by atoms with E-state index in [1.165, 1.54) is 5.70 Å². The van der Waals surface area contributed by atoms with E-state index in [0.29, 0.717) is 0 Å². The largest absolute Gasteiger partial charge is 0.368 e. The predicted molar refractivity (Wildman–Crippen MR) is 127 cm³/mol. The van der Waals surface area contributed by atoms with Gasteiger partial charge in [-0.05, 0) is 38.2 Å². The van der Waals surface area contributed by atoms with Crippen molar-refractivity contribution in [2.75, 3.05) is 33.2 Å². The number of H-pyrrole nitrogens is 2. The third kappa shape index (κ3) is 3.69. The number of aromatic amines is 2. The van der Waals surface area contributed by atoms with Crippen molar-refractivity contribution < 1.29 is 0 Å². The van der Waals surface area contributed by atoms with Crippen LogP contribution in [0.5, 0.6) is 0 Å². The summed E-state index contributed by atoms with van der Waals surface area (Å²) in [7, 11) is 2.17. The summed E-state index contributed by atoms with van der Waals surface area (Å²) in [6.45, 7) is 10.1. The van der Waals surface area contributed by atoms with Crippen LogP contribution in [0.2, 0.25) is 0 Å². The van der Waals surface area contributed by atoms with Crippen LogP contribution in [0.15, 0.2) is 55.5 Å². The Hall–Kier alpha value is -3.78. The summed E-state index contributed by atoms with van der Waals surface area (Å²) in [6, 6.07) is 6.07. The molecule has 0 saturated carbocycles. The number of nitrogens with one attached hydrogen (secondary N) is 2. The molecule has 0 atom stereocenters. The summed E-state index contributed by atoms with van der Waals surface area (Å²) < 4.78 is 0. The highest BCUT2D eigenvalue weighted by Gasteiger charge is 2.21. The van der Waals surface area contributed by atoms with E-state index in [1.807, 2.05) is 18.2 Å². The first-order chi connectivity index (χ1) is 15.6. The average Bonchev–Trinajstić information content (AvgIpc) is 3.41. The summed E-state index contributed by atoms with van der Waals surface area (Å²) in [6.07, 6.45) is 9.00. The Morgan fingerprint density at radius 3 is 2.72 bits per heavy atom. The molecule has 0 amide bonds. The highest BCUT2D eigenvalue weighted by atomic mass is 15.3. The summed E-state index contributed by atoms with van der Waals surface area (Å²) in [4.78, 5) is 21.7. The van der Waals surface area contributed by atoms with Crippen molar-refractivity contribution in [3.63, 3.8) is 0 Å². The third-order valence-electron chi connectivity index (χ3n) is 5.90. The molecule has 5 heterocycles. The number of pyridine rings is 1. The van der Waals surface area contributed by atoms with E-state index in [2.05, 4.69) is 67.6 Å². The second-order valence-corrected chi connectivity index (χ2v) is 8.06. The zero-order valence-corrected chi connectivity index (χ0v) is 18.3. The van der Waals surface area contributed by atoms with Crippen molar-refractivity contribution in [1.82, 2.24) is 39.9 Å². The van der Waals surface area contributed by atoms with Crippen LogP contribution in [-0.2, 0) is 0 Å². The maximum atomic E-state index is 4.84. The molecule has 4 aromatic heterocycles. The van der Waals surface area contributed by atoms with Gasteiger partial charge in [0.25, 0.3) is 0 Å². The molecule has 8 nitrogen and oxygen atoms in total. The van der Waals surface area contributed by atoms with E-state index in [0.717, 1.165) is 71.2 Å². The molecular weight excluding hydrogens is 400 g/mol. The Bertz CT molecular complexity index is 1280. The lowest BCUT2D eigenvalue weighted by Crippen LogP contribution is -2.43. The Morgan fingerprint density at radius 1 is 1.12 bits per heavy atom. The summed E-state index contributed by atoms with van der Waals surface area (Å²) in [5, 5.41) is 7.67. The first kappa shape index (κ1) is 20.1. The number of aromatic nitrogens is 6. The quantitative estimate of drug-likeness (QED) is 0.475. The fourth-order valence-corrected chi connectivity index (χ4v) is 4.14. The Balaban J connectivity index is 1.54. The van der Waals surface area contributed by atoms with Crippen LogP contribution in [0.3, 0.4) is 0 Å². The maximum absolute atomic E-state index is 4.84. The van der Waals surface area contributed by atoms with Gasteiger partial charge in [0.2, 0.25) is 0 Å². The van der Waals surface area contributed by atoms with E-state index in [4.69, 9.17) is 4.98 Å². The SMILES string of the molecule is C=C/C=C(\c1cc(-c2n[nH]c3ccc(-c4cnccn4)nc23)[nH]c1C)N1CCN(C)CC1. The number of aryl methyl sites for hydroxylation is 1. The monoisotopic (exact) mass is 426 g/mol. The summed E-state index contributed by atoms with van der Waals surface area (Å²) in [5.41, 5.74) is 8.32. The number of fused-ring (bicyclic) bond motifs is 1. The van der Waals surface area contributed by atoms with Crippen molar-refractivity contribution in [2.45, 2.75) is 6.92 Å². The van der Waals surface area contributed by atoms with Gasteiger partial charge in [0.15, 0.2) is 0 Å². The number of hydrogen-bond acceptors (Lipinski definition) is 6. The van der Waals surface area contributed by atoms with Gasteiger partial charge < -0.3 is 14.8 Å². The van der Waals surface area contributed by atoms with Crippen LogP contribution in [0, 0.1) is 6.92 Å². The van der Waals surface area contributed by atoms with Gasteiger partial charge in [0, 0.05) is 55.5 Å². The van der Waals surface area contributed by atoms with Gasteiger partial charge in [0.05, 0.1) is 23.1 Å². The summed E-state index contributed by atoms with van der Waals surface area (Å²) >= 11 is 0. The minimum absolute atomic E-state index is 0.733. The molecular formula is C24H26N8. The third-order valence-corrected chi connectivity index (χ3v) is 5.90. The molecule has 1 saturated heterocycles. The second-order valence-electron chi connectivity index (χ2n) is 8.06. The van der Waals surface area contributed by atoms with Crippen LogP contribution in [0.25, 0.3) is 39.5 Å². The van der Waals surface area contributed by atoms with Gasteiger partial charge in [-0.1, -0.05) is 12.7 Å². The topological polar surface area (TPSA) is 89.6 Å². The van der Waals surface area contributed by atoms with Gasteiger partial charge >= 0.3 is 0 Å². The highest BCUT2D eigenvalue weighted by Crippen LogP contribution is 2.32. The number of allylic oxidation sites excluding steroid dienone is 2. The zero-order chi connectivity index (χ0) is 22.1. The zero-order valence-electron chi connectivity index (χ0n) is 18.3. The van der Waals surface area contributed by atoms with Crippen LogP contribution in [0.4, 0.5) is 0 Å². The van der Waals surface area contributed by atoms with Gasteiger partial charge in [0.1, 0.15) is 16.9 Å². The standard InChI is InChI=1S/C24H26N8/c1-4-5-22(32-12-10-31(3)11-13-32)17-14-20(27-16(17)2)24-23-19(29-30-24)7-6-18(28-23)21-15-25-8-9-26-21/h4-9,14-15,27H,1,10-13H2,2-3H3,(H,29,30)/b22-5+. The van der Waals surface area contributed by atoms with Crippen molar-refractivity contribution in [3.8, 4) is 22.8 Å². The lowest BCUT2D eigenvalue weighted by Gasteiger charge is -2.35. The predicted octanol–water partition coefficient (Wildman–Crippen LogP) is 3.49. The van der Waals surface area contributed by atoms with E-state index in [9.17, 15) is 0 Å². The van der Waals surface area contributed by atoms with Crippen LogP contribution < -0.4 is 0 Å². The number of nitrogens with zero attached hydrogens (tertiary/aromatic N) is 6. The minimum atomic E-state index is 0.733. The lowest BCUT2D eigenvalue weighted by atomic mass is 10.1. The molecule has 2 N–H and O–H groups in total. The Morgan fingerprint density at radius 2 is 1.97 bits per heavy atom. The Labute approximate surface area is 186 Å². The van der Waals surface area contributed by atoms with Gasteiger partial charge in [-0.15, -0.1) is 0 Å². The van der Waals surface area contributed by atoms with Crippen molar-refractivity contribution in [2.24, 2.45) is 0 Å². The van der Waals surface area contributed by atoms with Crippen LogP contribution >= 0.6 is 0 Å². The minimum Gasteiger partial charge on any atom is -0.368 e. The van der Waals surface area contributed by atoms with Crippen molar-refractivity contribution >= 4 is 16.7 Å². The van der Waals surface area contributed by atoms with Gasteiger partial charge in [-0.3, -0.25) is 15.1 Å². The van der Waals surface area contributed by atoms with Crippen LogP contribution in [0.1, 0.15) is 11.3 Å². The van der Waals surface area contributed by atoms with Crippen LogP contribution in [-0.4, -0.2) is 73.2 Å². The molecule has 162 valence electrons. The first-order valence-corrected chi connectivity index (χ1v) is 10.7. The molecule has 1 aliphatic heterocycles. The number of piperazine rings is 1. The fraction of sp³-hybridized carbons (Fsp3) is 0.250. The second kappa shape index (κ2) is 8.39. The highest BCUT2D eigenvalue weighted by molar-refractivity contribution is 5.90. The van der Waals surface area contributed by atoms with Gasteiger partial charge in [-0.2, -0.15) is 5.10 Å². The van der Waals surface area contributed by atoms with Crippen molar-refractivity contribution in [1.29, 1.82) is 0 Å². The molecule has 0 radical (unpaired) electrons. The molecule has 1 fully saturated rings. The smallest absolute Gasteiger partial charge is 0.135 e. The van der Waals surface area contributed by atoms with E-state index < -0.39 is 0 Å². The number of rotatable bonds is 5. The molecule has 0 aromatic carbocycles. The Kier molecular flexibility index (Phi) is 5.28. The number of hydrogen-bond donors (Lipinski definition) is 2.